The molecule has 1 aromatic carbocycles. The summed E-state index contributed by atoms with van der Waals surface area (Å²) in [4.78, 5) is 14.3. The molecule has 134 valence electrons. The highest BCUT2D eigenvalue weighted by atomic mass is 32.1. The van der Waals surface area contributed by atoms with Gasteiger partial charge in [0.1, 0.15) is 5.82 Å². The van der Waals surface area contributed by atoms with Gasteiger partial charge >= 0.3 is 0 Å². The molecule has 0 saturated carbocycles. The number of hydrogen-bond donors (Lipinski definition) is 2. The maximum atomic E-state index is 13.0. The molecule has 7 heteroatoms. The van der Waals surface area contributed by atoms with Crippen molar-refractivity contribution < 1.29 is 9.18 Å². The van der Waals surface area contributed by atoms with E-state index in [2.05, 4.69) is 27.0 Å². The first-order valence-electron chi connectivity index (χ1n) is 8.54. The number of amides is 1. The van der Waals surface area contributed by atoms with Crippen molar-refractivity contribution in [2.45, 2.75) is 19.0 Å². The number of H-pyrrole nitrogens is 1. The predicted octanol–water partition coefficient (Wildman–Crippen LogP) is 3.28. The standard InChI is InChI=1S/C19H19FN4OS/c20-16-3-1-13(2-4-16)19(25)24-7-5-17(11-24)21-9-15-10-22-23-18(15)14-6-8-26-12-14/h1-4,6,8,10,12,17,21H,5,7,9,11H2,(H,22,23)/t17-/m0/s1. The van der Waals surface area contributed by atoms with E-state index in [9.17, 15) is 9.18 Å². The molecule has 3 aromatic rings. The van der Waals surface area contributed by atoms with Crippen LogP contribution in [0, 0.1) is 5.82 Å². The minimum absolute atomic E-state index is 0.0448. The van der Waals surface area contributed by atoms with Crippen molar-refractivity contribution >= 4 is 17.2 Å². The molecule has 0 aliphatic carbocycles. The zero-order chi connectivity index (χ0) is 17.9. The van der Waals surface area contributed by atoms with Crippen molar-refractivity contribution in [3.8, 4) is 11.3 Å². The summed E-state index contributed by atoms with van der Waals surface area (Å²) in [6.45, 7) is 2.06. The number of rotatable bonds is 5. The largest absolute Gasteiger partial charge is 0.337 e. The van der Waals surface area contributed by atoms with E-state index >= 15 is 0 Å². The number of hydrogen-bond acceptors (Lipinski definition) is 4. The van der Waals surface area contributed by atoms with Crippen LogP contribution in [0.2, 0.25) is 0 Å². The van der Waals surface area contributed by atoms with Gasteiger partial charge in [0.25, 0.3) is 5.91 Å². The highest BCUT2D eigenvalue weighted by Gasteiger charge is 2.26. The van der Waals surface area contributed by atoms with Gasteiger partial charge in [-0.05, 0) is 42.1 Å². The van der Waals surface area contributed by atoms with Crippen LogP contribution < -0.4 is 5.32 Å². The van der Waals surface area contributed by atoms with Gasteiger partial charge in [0.2, 0.25) is 0 Å². The fourth-order valence-corrected chi connectivity index (χ4v) is 3.89. The first-order chi connectivity index (χ1) is 12.7. The molecule has 1 amide bonds. The van der Waals surface area contributed by atoms with Crippen LogP contribution in [0.15, 0.2) is 47.3 Å². The number of aromatic nitrogens is 2. The molecule has 1 atom stereocenters. The molecule has 4 rings (SSSR count). The number of aromatic amines is 1. The predicted molar refractivity (Wildman–Crippen MR) is 99.4 cm³/mol. The van der Waals surface area contributed by atoms with Crippen LogP contribution in [0.5, 0.6) is 0 Å². The van der Waals surface area contributed by atoms with E-state index in [0.29, 0.717) is 25.2 Å². The second-order valence-corrected chi connectivity index (χ2v) is 7.19. The minimum Gasteiger partial charge on any atom is -0.337 e. The zero-order valence-electron chi connectivity index (χ0n) is 14.1. The fourth-order valence-electron chi connectivity index (χ4n) is 3.24. The third-order valence-electron chi connectivity index (χ3n) is 4.68. The molecular formula is C19H19FN4OS. The van der Waals surface area contributed by atoms with Gasteiger partial charge in [0.05, 0.1) is 11.9 Å². The Bertz CT molecular complexity index is 875. The molecule has 1 fully saturated rings. The van der Waals surface area contributed by atoms with Crippen LogP contribution in [-0.4, -0.2) is 40.1 Å². The maximum absolute atomic E-state index is 13.0. The van der Waals surface area contributed by atoms with Crippen LogP contribution in [0.1, 0.15) is 22.3 Å². The van der Waals surface area contributed by atoms with Gasteiger partial charge in [-0.3, -0.25) is 9.89 Å². The lowest BCUT2D eigenvalue weighted by Gasteiger charge is -2.17. The van der Waals surface area contributed by atoms with Gasteiger partial charge < -0.3 is 10.2 Å². The van der Waals surface area contributed by atoms with E-state index in [0.717, 1.165) is 23.2 Å². The Morgan fingerprint density at radius 1 is 1.35 bits per heavy atom. The average molecular weight is 370 g/mol. The second kappa shape index (κ2) is 7.39. The number of halogens is 1. The maximum Gasteiger partial charge on any atom is 0.253 e. The van der Waals surface area contributed by atoms with Gasteiger partial charge in [-0.15, -0.1) is 0 Å². The summed E-state index contributed by atoms with van der Waals surface area (Å²) in [5.74, 6) is -0.374. The zero-order valence-corrected chi connectivity index (χ0v) is 14.9. The van der Waals surface area contributed by atoms with Crippen molar-refractivity contribution in [2.75, 3.05) is 13.1 Å². The number of nitrogens with zero attached hydrogens (tertiary/aromatic N) is 2. The van der Waals surface area contributed by atoms with Crippen LogP contribution in [-0.2, 0) is 6.54 Å². The van der Waals surface area contributed by atoms with Crippen molar-refractivity contribution in [1.29, 1.82) is 0 Å². The summed E-state index contributed by atoms with van der Waals surface area (Å²) in [6, 6.07) is 8.03. The first-order valence-corrected chi connectivity index (χ1v) is 9.48. The number of thiophene rings is 1. The second-order valence-electron chi connectivity index (χ2n) is 6.41. The molecule has 5 nitrogen and oxygen atoms in total. The monoisotopic (exact) mass is 370 g/mol. The first kappa shape index (κ1) is 16.9. The molecule has 0 spiro atoms. The van der Waals surface area contributed by atoms with Gasteiger partial charge in [-0.2, -0.15) is 16.4 Å². The van der Waals surface area contributed by atoms with Crippen LogP contribution in [0.4, 0.5) is 4.39 Å². The molecule has 0 bridgehead atoms. The van der Waals surface area contributed by atoms with Crippen LogP contribution in [0.3, 0.4) is 0 Å². The van der Waals surface area contributed by atoms with Gasteiger partial charge in [0.15, 0.2) is 0 Å². The van der Waals surface area contributed by atoms with Crippen molar-refractivity contribution in [1.82, 2.24) is 20.4 Å². The van der Waals surface area contributed by atoms with Crippen LogP contribution in [0.25, 0.3) is 11.3 Å². The van der Waals surface area contributed by atoms with E-state index in [-0.39, 0.29) is 17.8 Å². The van der Waals surface area contributed by atoms with E-state index in [1.807, 2.05) is 16.5 Å². The number of nitrogens with one attached hydrogen (secondary N) is 2. The van der Waals surface area contributed by atoms with Gasteiger partial charge in [0, 0.05) is 47.7 Å². The van der Waals surface area contributed by atoms with Crippen LogP contribution >= 0.6 is 11.3 Å². The molecule has 3 heterocycles. The number of benzene rings is 1. The molecule has 0 radical (unpaired) electrons. The molecule has 26 heavy (non-hydrogen) atoms. The Hall–Kier alpha value is -2.51. The summed E-state index contributed by atoms with van der Waals surface area (Å²) in [7, 11) is 0. The summed E-state index contributed by atoms with van der Waals surface area (Å²) in [6.07, 6.45) is 2.74. The lowest BCUT2D eigenvalue weighted by atomic mass is 10.1. The molecule has 0 unspecified atom stereocenters. The van der Waals surface area contributed by atoms with Crippen molar-refractivity contribution in [3.05, 3.63) is 64.2 Å². The fraction of sp³-hybridized carbons (Fsp3) is 0.263. The van der Waals surface area contributed by atoms with E-state index in [4.69, 9.17) is 0 Å². The van der Waals surface area contributed by atoms with E-state index < -0.39 is 0 Å². The van der Waals surface area contributed by atoms with E-state index in [1.54, 1.807) is 11.3 Å². The molecular weight excluding hydrogens is 351 g/mol. The molecule has 2 N–H and O–H groups in total. The van der Waals surface area contributed by atoms with Crippen molar-refractivity contribution in [2.24, 2.45) is 0 Å². The molecule has 1 aliphatic rings. The third kappa shape index (κ3) is 3.54. The van der Waals surface area contributed by atoms with Gasteiger partial charge in [-0.1, -0.05) is 0 Å². The average Bonchev–Trinajstić information content (AvgIpc) is 3.40. The van der Waals surface area contributed by atoms with E-state index in [1.165, 1.54) is 24.3 Å². The quantitative estimate of drug-likeness (QED) is 0.725. The summed E-state index contributed by atoms with van der Waals surface area (Å²) < 4.78 is 13.0. The topological polar surface area (TPSA) is 61.0 Å². The SMILES string of the molecule is O=C(c1ccc(F)cc1)N1CC[C@H](NCc2cn[nH]c2-c2ccsc2)C1. The highest BCUT2D eigenvalue weighted by Crippen LogP contribution is 2.24. The highest BCUT2D eigenvalue weighted by molar-refractivity contribution is 7.08. The lowest BCUT2D eigenvalue weighted by Crippen LogP contribution is -2.34. The minimum atomic E-state index is -0.330. The Kier molecular flexibility index (Phi) is 4.81. The number of carbonyl (C=O) groups is 1. The van der Waals surface area contributed by atoms with Crippen molar-refractivity contribution in [3.63, 3.8) is 0 Å². The Morgan fingerprint density at radius 2 is 2.19 bits per heavy atom. The Morgan fingerprint density at radius 3 is 2.96 bits per heavy atom. The number of carbonyl (C=O) groups excluding carboxylic acids is 1. The number of likely N-dealkylation sites (tertiary alicyclic amines) is 1. The lowest BCUT2D eigenvalue weighted by molar-refractivity contribution is 0.0789. The summed E-state index contributed by atoms with van der Waals surface area (Å²) in [5, 5.41) is 14.9. The third-order valence-corrected chi connectivity index (χ3v) is 5.36. The normalized spacial score (nSPS) is 17.0. The molecule has 1 saturated heterocycles. The summed E-state index contributed by atoms with van der Waals surface area (Å²) in [5.41, 5.74) is 3.83. The summed E-state index contributed by atoms with van der Waals surface area (Å²) >= 11 is 1.66. The van der Waals surface area contributed by atoms with Gasteiger partial charge in [-0.25, -0.2) is 4.39 Å². The Balaban J connectivity index is 1.35. The smallest absolute Gasteiger partial charge is 0.253 e. The molecule has 1 aliphatic heterocycles. The molecule has 2 aromatic heterocycles. The Labute approximate surface area is 154 Å².